The first-order chi connectivity index (χ1) is 11.8. The van der Waals surface area contributed by atoms with Gasteiger partial charge in [0.15, 0.2) is 0 Å². The number of pyridine rings is 1. The van der Waals surface area contributed by atoms with E-state index >= 15 is 0 Å². The Morgan fingerprint density at radius 3 is 2.42 bits per heavy atom. The van der Waals surface area contributed by atoms with Crippen LogP contribution in [0.4, 0.5) is 11.6 Å². The van der Waals surface area contributed by atoms with Gasteiger partial charge in [-0.2, -0.15) is 4.98 Å². The summed E-state index contributed by atoms with van der Waals surface area (Å²) < 4.78 is 0. The first-order valence-corrected chi connectivity index (χ1v) is 7.89. The van der Waals surface area contributed by atoms with Crippen LogP contribution in [0.5, 0.6) is 0 Å². The average molecular weight is 333 g/mol. The second kappa shape index (κ2) is 6.26. The minimum absolute atomic E-state index is 0.200. The van der Waals surface area contributed by atoms with Crippen molar-refractivity contribution in [3.8, 4) is 11.1 Å². The number of nitrogens with one attached hydrogen (secondary N) is 1. The van der Waals surface area contributed by atoms with Gasteiger partial charge in [-0.05, 0) is 40.9 Å². The molecule has 0 spiro atoms. The quantitative estimate of drug-likeness (QED) is 0.531. The number of fused-ring (bicyclic) bond motifs is 1. The van der Waals surface area contributed by atoms with Crippen LogP contribution in [0.25, 0.3) is 22.0 Å². The highest BCUT2D eigenvalue weighted by Gasteiger charge is 2.13. The topological polar surface area (TPSA) is 50.7 Å². The van der Waals surface area contributed by atoms with Crippen LogP contribution in [0, 0.1) is 0 Å². The maximum absolute atomic E-state index is 6.11. The van der Waals surface area contributed by atoms with E-state index in [0.717, 1.165) is 22.0 Å². The summed E-state index contributed by atoms with van der Waals surface area (Å²) in [5, 5.41) is 4.37. The monoisotopic (exact) mass is 332 g/mol. The fourth-order valence-corrected chi connectivity index (χ4v) is 2.84. The molecule has 0 radical (unpaired) electrons. The van der Waals surface area contributed by atoms with Crippen LogP contribution in [0.3, 0.4) is 0 Å². The SMILES string of the molecule is Clc1nc(Nc2ccccn2)c2c(-c3ccccc3)cccc2n1. The molecule has 116 valence electrons. The third-order valence-corrected chi connectivity index (χ3v) is 3.86. The van der Waals surface area contributed by atoms with Crippen LogP contribution in [0.2, 0.25) is 5.28 Å². The molecule has 0 saturated heterocycles. The van der Waals surface area contributed by atoms with Crippen LogP contribution in [0.1, 0.15) is 0 Å². The van der Waals surface area contributed by atoms with Crippen LogP contribution in [0.15, 0.2) is 72.9 Å². The molecule has 0 aliphatic carbocycles. The van der Waals surface area contributed by atoms with Crippen molar-refractivity contribution in [2.75, 3.05) is 5.32 Å². The Morgan fingerprint density at radius 2 is 1.62 bits per heavy atom. The molecule has 24 heavy (non-hydrogen) atoms. The van der Waals surface area contributed by atoms with Gasteiger partial charge in [-0.15, -0.1) is 0 Å². The van der Waals surface area contributed by atoms with Crippen LogP contribution in [-0.2, 0) is 0 Å². The Bertz CT molecular complexity index is 988. The molecule has 0 saturated carbocycles. The van der Waals surface area contributed by atoms with E-state index in [1.165, 1.54) is 0 Å². The lowest BCUT2D eigenvalue weighted by molar-refractivity contribution is 1.20. The summed E-state index contributed by atoms with van der Waals surface area (Å²) in [7, 11) is 0. The van der Waals surface area contributed by atoms with E-state index in [4.69, 9.17) is 11.6 Å². The van der Waals surface area contributed by atoms with Crippen LogP contribution < -0.4 is 5.32 Å². The van der Waals surface area contributed by atoms with Crippen LogP contribution >= 0.6 is 11.6 Å². The zero-order valence-electron chi connectivity index (χ0n) is 12.6. The number of benzene rings is 2. The highest BCUT2D eigenvalue weighted by molar-refractivity contribution is 6.29. The molecule has 4 aromatic rings. The Hall–Kier alpha value is -2.98. The molecule has 2 heterocycles. The lowest BCUT2D eigenvalue weighted by atomic mass is 10.0. The number of hydrogen-bond acceptors (Lipinski definition) is 4. The Balaban J connectivity index is 1.95. The normalized spacial score (nSPS) is 10.7. The van der Waals surface area contributed by atoms with E-state index in [2.05, 4.69) is 38.5 Å². The lowest BCUT2D eigenvalue weighted by Gasteiger charge is -2.12. The van der Waals surface area contributed by atoms with Gasteiger partial charge < -0.3 is 5.32 Å². The van der Waals surface area contributed by atoms with Gasteiger partial charge in [-0.3, -0.25) is 0 Å². The van der Waals surface area contributed by atoms with Gasteiger partial charge in [0.05, 0.1) is 10.9 Å². The summed E-state index contributed by atoms with van der Waals surface area (Å²) >= 11 is 6.11. The number of hydrogen-bond donors (Lipinski definition) is 1. The van der Waals surface area contributed by atoms with Crippen molar-refractivity contribution in [1.29, 1.82) is 0 Å². The molecular weight excluding hydrogens is 320 g/mol. The number of anilines is 2. The molecule has 0 fully saturated rings. The first kappa shape index (κ1) is 14.6. The third kappa shape index (κ3) is 2.79. The smallest absolute Gasteiger partial charge is 0.224 e. The molecule has 4 nitrogen and oxygen atoms in total. The Morgan fingerprint density at radius 1 is 0.792 bits per heavy atom. The fraction of sp³-hybridized carbons (Fsp3) is 0. The van der Waals surface area contributed by atoms with Gasteiger partial charge >= 0.3 is 0 Å². The van der Waals surface area contributed by atoms with Crippen molar-refractivity contribution >= 4 is 34.1 Å². The van der Waals surface area contributed by atoms with E-state index in [9.17, 15) is 0 Å². The summed E-state index contributed by atoms with van der Waals surface area (Å²) in [6.45, 7) is 0. The first-order valence-electron chi connectivity index (χ1n) is 7.51. The molecule has 1 N–H and O–H groups in total. The highest BCUT2D eigenvalue weighted by atomic mass is 35.5. The predicted octanol–water partition coefficient (Wildman–Crippen LogP) is 5.09. The van der Waals surface area contributed by atoms with Crippen LogP contribution in [-0.4, -0.2) is 15.0 Å². The number of rotatable bonds is 3. The van der Waals surface area contributed by atoms with Crippen molar-refractivity contribution in [2.24, 2.45) is 0 Å². The minimum Gasteiger partial charge on any atom is -0.324 e. The van der Waals surface area contributed by atoms with Gasteiger partial charge in [0.2, 0.25) is 5.28 Å². The summed E-state index contributed by atoms with van der Waals surface area (Å²) in [6, 6.07) is 21.8. The number of nitrogens with zero attached hydrogens (tertiary/aromatic N) is 3. The maximum Gasteiger partial charge on any atom is 0.224 e. The molecule has 0 amide bonds. The molecule has 2 aromatic heterocycles. The Kier molecular flexibility index (Phi) is 3.81. The summed E-state index contributed by atoms with van der Waals surface area (Å²) in [5.74, 6) is 1.35. The molecule has 0 aliphatic heterocycles. The maximum atomic E-state index is 6.11. The van der Waals surface area contributed by atoms with Crippen molar-refractivity contribution in [3.63, 3.8) is 0 Å². The van der Waals surface area contributed by atoms with Gasteiger partial charge in [-0.25, -0.2) is 9.97 Å². The van der Waals surface area contributed by atoms with E-state index in [1.807, 2.05) is 48.5 Å². The van der Waals surface area contributed by atoms with Crippen molar-refractivity contribution in [3.05, 3.63) is 78.2 Å². The second-order valence-corrected chi connectivity index (χ2v) is 5.59. The molecule has 0 aliphatic rings. The lowest BCUT2D eigenvalue weighted by Crippen LogP contribution is -1.99. The standard InChI is InChI=1S/C19H13ClN4/c20-19-22-15-10-6-9-14(13-7-2-1-3-8-13)17(15)18(24-19)23-16-11-4-5-12-21-16/h1-12H,(H,21,22,23,24). The third-order valence-electron chi connectivity index (χ3n) is 3.69. The van der Waals surface area contributed by atoms with Gasteiger partial charge in [0.25, 0.3) is 0 Å². The molecule has 5 heteroatoms. The highest BCUT2D eigenvalue weighted by Crippen LogP contribution is 2.33. The largest absolute Gasteiger partial charge is 0.324 e. The fourth-order valence-electron chi connectivity index (χ4n) is 2.66. The summed E-state index contributed by atoms with van der Waals surface area (Å²) in [5.41, 5.74) is 2.93. The zero-order chi connectivity index (χ0) is 16.4. The van der Waals surface area contributed by atoms with Gasteiger partial charge in [-0.1, -0.05) is 48.5 Å². The molecule has 0 atom stereocenters. The summed E-state index contributed by atoms with van der Waals surface area (Å²) in [4.78, 5) is 13.0. The molecular formula is C19H13ClN4. The number of aromatic nitrogens is 3. The predicted molar refractivity (Wildman–Crippen MR) is 97.5 cm³/mol. The molecule has 4 rings (SSSR count). The Labute approximate surface area is 144 Å². The summed E-state index contributed by atoms with van der Waals surface area (Å²) in [6.07, 6.45) is 1.73. The van der Waals surface area contributed by atoms with Gasteiger partial charge in [0, 0.05) is 6.20 Å². The average Bonchev–Trinajstić information content (AvgIpc) is 2.62. The minimum atomic E-state index is 0.200. The van der Waals surface area contributed by atoms with E-state index < -0.39 is 0 Å². The molecule has 0 unspecified atom stereocenters. The molecule has 2 aromatic carbocycles. The van der Waals surface area contributed by atoms with Gasteiger partial charge in [0.1, 0.15) is 11.6 Å². The van der Waals surface area contributed by atoms with Crippen molar-refractivity contribution < 1.29 is 0 Å². The van der Waals surface area contributed by atoms with E-state index in [1.54, 1.807) is 6.20 Å². The van der Waals surface area contributed by atoms with Crippen molar-refractivity contribution in [1.82, 2.24) is 15.0 Å². The zero-order valence-corrected chi connectivity index (χ0v) is 13.4. The van der Waals surface area contributed by atoms with Crippen molar-refractivity contribution in [2.45, 2.75) is 0 Å². The molecule has 0 bridgehead atoms. The van der Waals surface area contributed by atoms with E-state index in [0.29, 0.717) is 11.6 Å². The number of halogens is 1. The van der Waals surface area contributed by atoms with E-state index in [-0.39, 0.29) is 5.28 Å². The second-order valence-electron chi connectivity index (χ2n) is 5.25.